The van der Waals surface area contributed by atoms with E-state index in [0.29, 0.717) is 57.8 Å². The minimum Gasteiger partial charge on any atom is -0.444 e. The zero-order chi connectivity index (χ0) is 34.1. The van der Waals surface area contributed by atoms with Gasteiger partial charge in [-0.25, -0.2) is 4.79 Å². The van der Waals surface area contributed by atoms with Crippen LogP contribution >= 0.6 is 0 Å². The number of hydrogen-bond acceptors (Lipinski definition) is 6. The molecule has 0 radical (unpaired) electrons. The van der Waals surface area contributed by atoms with Crippen molar-refractivity contribution in [3.8, 4) is 0 Å². The molecule has 2 saturated heterocycles. The van der Waals surface area contributed by atoms with Crippen LogP contribution < -0.4 is 21.3 Å². The standard InChI is InChI=1S/C36H59N5O5/c1-24-14-16-25(17-15-24)27-23-26-18-19-29(41(26)8)30(27)32(43)40-28(13-9-10-21-38-33(44)35(2,3)4)31(42)37-20-11-12-22-39-34(45)46-36(5,6)7/h14-17,26-30H,9-13,18-23H2,1-8H3,(H,37,42)(H,38,44)(H,39,45)(H,40,43). The minimum absolute atomic E-state index is 0.00492. The van der Waals surface area contributed by atoms with Crippen LogP contribution in [0.1, 0.15) is 110 Å². The number of aryl methyl sites for hydroxylation is 1. The number of nitrogens with zero attached hydrogens (tertiary/aromatic N) is 1. The number of ether oxygens (including phenoxy) is 1. The van der Waals surface area contributed by atoms with Crippen LogP contribution in [0.15, 0.2) is 24.3 Å². The predicted octanol–water partition coefficient (Wildman–Crippen LogP) is 4.80. The summed E-state index contributed by atoms with van der Waals surface area (Å²) in [7, 11) is 2.13. The summed E-state index contributed by atoms with van der Waals surface area (Å²) in [5, 5.41) is 11.9. The number of hydrogen-bond donors (Lipinski definition) is 4. The van der Waals surface area contributed by atoms with Gasteiger partial charge < -0.3 is 26.0 Å². The van der Waals surface area contributed by atoms with E-state index in [4.69, 9.17) is 4.74 Å². The lowest BCUT2D eigenvalue weighted by molar-refractivity contribution is -0.134. The van der Waals surface area contributed by atoms with Crippen molar-refractivity contribution in [1.82, 2.24) is 26.2 Å². The van der Waals surface area contributed by atoms with E-state index >= 15 is 0 Å². The maximum absolute atomic E-state index is 14.1. The van der Waals surface area contributed by atoms with Gasteiger partial charge in [0, 0.05) is 37.1 Å². The quantitative estimate of drug-likeness (QED) is 0.216. The lowest BCUT2D eigenvalue weighted by Gasteiger charge is -2.42. The van der Waals surface area contributed by atoms with Crippen LogP contribution in [0.25, 0.3) is 0 Å². The largest absolute Gasteiger partial charge is 0.444 e. The van der Waals surface area contributed by atoms with Crippen molar-refractivity contribution in [3.05, 3.63) is 35.4 Å². The highest BCUT2D eigenvalue weighted by atomic mass is 16.6. The summed E-state index contributed by atoms with van der Waals surface area (Å²) >= 11 is 0. The zero-order valence-electron chi connectivity index (χ0n) is 29.5. The summed E-state index contributed by atoms with van der Waals surface area (Å²) in [4.78, 5) is 54.1. The van der Waals surface area contributed by atoms with Crippen molar-refractivity contribution in [2.24, 2.45) is 11.3 Å². The normalized spacial score (nSPS) is 22.1. The number of piperidine rings is 1. The smallest absolute Gasteiger partial charge is 0.407 e. The van der Waals surface area contributed by atoms with E-state index in [1.165, 1.54) is 11.1 Å². The molecular formula is C36H59N5O5. The van der Waals surface area contributed by atoms with Crippen LogP contribution in [-0.2, 0) is 19.1 Å². The van der Waals surface area contributed by atoms with Crippen molar-refractivity contribution >= 4 is 23.8 Å². The van der Waals surface area contributed by atoms with Gasteiger partial charge in [0.15, 0.2) is 0 Å². The number of rotatable bonds is 14. The molecule has 4 amide bonds. The van der Waals surface area contributed by atoms with E-state index in [1.807, 2.05) is 41.5 Å². The number of carbonyl (C=O) groups excluding carboxylic acids is 4. The fourth-order valence-corrected chi connectivity index (χ4v) is 6.55. The first-order valence-corrected chi connectivity index (χ1v) is 17.2. The number of unbranched alkanes of at least 4 members (excludes halogenated alkanes) is 2. The Morgan fingerprint density at radius 3 is 2.11 bits per heavy atom. The van der Waals surface area contributed by atoms with Gasteiger partial charge in [-0.3, -0.25) is 19.3 Å². The fourth-order valence-electron chi connectivity index (χ4n) is 6.55. The van der Waals surface area contributed by atoms with E-state index in [-0.39, 0.29) is 35.6 Å². The molecule has 10 nitrogen and oxygen atoms in total. The predicted molar refractivity (Wildman–Crippen MR) is 181 cm³/mol. The highest BCUT2D eigenvalue weighted by Crippen LogP contribution is 2.46. The summed E-state index contributed by atoms with van der Waals surface area (Å²) < 4.78 is 5.26. The SMILES string of the molecule is Cc1ccc(C2CC3CCC(C2C(=O)NC(CCCCNC(=O)C(C)(C)C)C(=O)NCCCCNC(=O)OC(C)(C)C)N3C)cc1. The van der Waals surface area contributed by atoms with Crippen LogP contribution in [0.3, 0.4) is 0 Å². The molecule has 2 bridgehead atoms. The Morgan fingerprint density at radius 1 is 0.870 bits per heavy atom. The topological polar surface area (TPSA) is 129 Å². The molecule has 4 N–H and O–H groups in total. The molecule has 3 rings (SSSR count). The molecule has 0 aromatic heterocycles. The van der Waals surface area contributed by atoms with Crippen LogP contribution in [0.4, 0.5) is 4.79 Å². The highest BCUT2D eigenvalue weighted by molar-refractivity contribution is 5.89. The average molecular weight is 642 g/mol. The van der Waals surface area contributed by atoms with Crippen molar-refractivity contribution < 1.29 is 23.9 Å². The Labute approximate surface area is 276 Å². The van der Waals surface area contributed by atoms with Gasteiger partial charge in [-0.15, -0.1) is 0 Å². The number of nitrogens with one attached hydrogen (secondary N) is 4. The molecule has 0 aliphatic carbocycles. The molecule has 5 unspecified atom stereocenters. The molecule has 2 fully saturated rings. The molecule has 46 heavy (non-hydrogen) atoms. The summed E-state index contributed by atoms with van der Waals surface area (Å²) in [6.07, 6.45) is 5.75. The molecule has 2 aliphatic heterocycles. The molecule has 5 atom stereocenters. The highest BCUT2D eigenvalue weighted by Gasteiger charge is 2.49. The Kier molecular flexibility index (Phi) is 13.5. The number of carbonyl (C=O) groups is 4. The minimum atomic E-state index is -0.672. The van der Waals surface area contributed by atoms with Gasteiger partial charge in [0.2, 0.25) is 17.7 Å². The van der Waals surface area contributed by atoms with Gasteiger partial charge in [-0.2, -0.15) is 0 Å². The van der Waals surface area contributed by atoms with Crippen molar-refractivity contribution in [2.75, 3.05) is 26.7 Å². The van der Waals surface area contributed by atoms with E-state index in [2.05, 4.69) is 64.4 Å². The lowest BCUT2D eigenvalue weighted by Crippen LogP contribution is -2.55. The molecule has 10 heteroatoms. The maximum atomic E-state index is 14.1. The van der Waals surface area contributed by atoms with E-state index in [9.17, 15) is 19.2 Å². The maximum Gasteiger partial charge on any atom is 0.407 e. The zero-order valence-corrected chi connectivity index (χ0v) is 29.5. The molecular weight excluding hydrogens is 582 g/mol. The Bertz CT molecular complexity index is 1170. The number of alkyl carbamates (subject to hydrolysis) is 1. The first kappa shape index (κ1) is 37.3. The van der Waals surface area contributed by atoms with Crippen LogP contribution in [0.2, 0.25) is 0 Å². The lowest BCUT2D eigenvalue weighted by atomic mass is 9.75. The number of amides is 4. The third-order valence-electron chi connectivity index (χ3n) is 9.17. The van der Waals surface area contributed by atoms with E-state index in [1.54, 1.807) is 0 Å². The molecule has 258 valence electrons. The van der Waals surface area contributed by atoms with Gasteiger partial charge in [-0.05, 0) is 97.6 Å². The van der Waals surface area contributed by atoms with Crippen molar-refractivity contribution in [1.29, 1.82) is 0 Å². The van der Waals surface area contributed by atoms with Crippen molar-refractivity contribution in [2.45, 2.75) is 129 Å². The second-order valence-corrected chi connectivity index (χ2v) is 15.2. The molecule has 2 heterocycles. The monoisotopic (exact) mass is 641 g/mol. The van der Waals surface area contributed by atoms with Gasteiger partial charge in [0.05, 0.1) is 5.92 Å². The first-order valence-electron chi connectivity index (χ1n) is 17.2. The third-order valence-corrected chi connectivity index (χ3v) is 9.17. The average Bonchev–Trinajstić information content (AvgIpc) is 3.18. The Balaban J connectivity index is 1.62. The van der Waals surface area contributed by atoms with Gasteiger partial charge in [-0.1, -0.05) is 50.6 Å². The first-order chi connectivity index (χ1) is 21.6. The molecule has 0 saturated carbocycles. The summed E-state index contributed by atoms with van der Waals surface area (Å²) in [6, 6.07) is 8.46. The fraction of sp³-hybridized carbons (Fsp3) is 0.722. The number of fused-ring (bicyclic) bond motifs is 2. The van der Waals surface area contributed by atoms with Gasteiger partial charge >= 0.3 is 6.09 Å². The molecule has 1 aromatic carbocycles. The Morgan fingerprint density at radius 2 is 1.48 bits per heavy atom. The van der Waals surface area contributed by atoms with E-state index < -0.39 is 23.2 Å². The summed E-state index contributed by atoms with van der Waals surface area (Å²) in [5.41, 5.74) is 1.37. The van der Waals surface area contributed by atoms with E-state index in [0.717, 1.165) is 19.3 Å². The van der Waals surface area contributed by atoms with Gasteiger partial charge in [0.25, 0.3) is 0 Å². The Hall–Kier alpha value is -3.14. The van der Waals surface area contributed by atoms with Crippen LogP contribution in [0, 0.1) is 18.3 Å². The summed E-state index contributed by atoms with van der Waals surface area (Å²) in [6.45, 7) is 14.6. The third kappa shape index (κ3) is 11.3. The molecule has 1 aromatic rings. The molecule has 2 aliphatic rings. The van der Waals surface area contributed by atoms with Crippen LogP contribution in [-0.4, -0.2) is 79.1 Å². The second-order valence-electron chi connectivity index (χ2n) is 15.2. The van der Waals surface area contributed by atoms with Crippen molar-refractivity contribution in [3.63, 3.8) is 0 Å². The molecule has 0 spiro atoms. The van der Waals surface area contributed by atoms with Crippen LogP contribution in [0.5, 0.6) is 0 Å². The number of benzene rings is 1. The van der Waals surface area contributed by atoms with Gasteiger partial charge in [0.1, 0.15) is 11.6 Å². The second kappa shape index (κ2) is 16.6. The summed E-state index contributed by atoms with van der Waals surface area (Å²) in [5.74, 6) is -0.414.